The first kappa shape index (κ1) is 15.0. The zero-order valence-electron chi connectivity index (χ0n) is 11.5. The average molecular weight is 313 g/mol. The van der Waals surface area contributed by atoms with Crippen molar-refractivity contribution < 1.29 is 30.0 Å². The van der Waals surface area contributed by atoms with Crippen LogP contribution in [0.2, 0.25) is 0 Å². The van der Waals surface area contributed by atoms with Gasteiger partial charge in [0.2, 0.25) is 5.96 Å². The number of ether oxygens (including phenoxy) is 1. The number of nitrogens with zero attached hydrogens (tertiary/aromatic N) is 4. The van der Waals surface area contributed by atoms with Gasteiger partial charge < -0.3 is 30.9 Å². The van der Waals surface area contributed by atoms with Gasteiger partial charge in [0.1, 0.15) is 12.2 Å². The van der Waals surface area contributed by atoms with Crippen molar-refractivity contribution in [3.63, 3.8) is 0 Å². The Morgan fingerprint density at radius 3 is 2.73 bits per heavy atom. The number of aliphatic hydroxyl groups excluding tert-OH is 3. The van der Waals surface area contributed by atoms with Crippen molar-refractivity contribution in [1.82, 2.24) is 4.90 Å². The molecule has 3 aliphatic heterocycles. The van der Waals surface area contributed by atoms with Crippen LogP contribution in [0.15, 0.2) is 15.0 Å². The lowest BCUT2D eigenvalue weighted by molar-refractivity contribution is -0.275. The molecule has 0 aromatic heterocycles. The number of fused-ring (bicyclic) bond motifs is 1. The van der Waals surface area contributed by atoms with Crippen molar-refractivity contribution in [2.75, 3.05) is 6.61 Å². The molecule has 1 fully saturated rings. The minimum Gasteiger partial charge on any atom is -0.394 e. The van der Waals surface area contributed by atoms with Crippen molar-refractivity contribution in [3.05, 3.63) is 0 Å². The zero-order chi connectivity index (χ0) is 16.3. The predicted octanol–water partition coefficient (Wildman–Crippen LogP) is -3.90. The molecule has 6 N–H and O–H groups in total. The van der Waals surface area contributed by atoms with Crippen LogP contribution in [0.5, 0.6) is 0 Å². The molecule has 1 amide bonds. The van der Waals surface area contributed by atoms with E-state index in [1.54, 1.807) is 0 Å². The molecule has 3 rings (SSSR count). The van der Waals surface area contributed by atoms with Crippen molar-refractivity contribution in [2.24, 2.45) is 20.7 Å². The first-order valence-corrected chi connectivity index (χ1v) is 6.43. The first-order valence-electron chi connectivity index (χ1n) is 6.43. The van der Waals surface area contributed by atoms with Gasteiger partial charge >= 0.3 is 0 Å². The highest BCUT2D eigenvalue weighted by Gasteiger charge is 2.62. The van der Waals surface area contributed by atoms with Crippen LogP contribution in [0, 0.1) is 0 Å². The molecule has 1 saturated heterocycles. The summed E-state index contributed by atoms with van der Waals surface area (Å²) in [5, 5.41) is 39.5. The molecule has 22 heavy (non-hydrogen) atoms. The minimum atomic E-state index is -2.45. The maximum absolute atomic E-state index is 12.0. The summed E-state index contributed by atoms with van der Waals surface area (Å²) in [5.74, 6) is -3.57. The number of amidine groups is 1. The Hall–Kier alpha value is -1.92. The summed E-state index contributed by atoms with van der Waals surface area (Å²) in [6.07, 6.45) is -3.51. The Labute approximate surface area is 124 Å². The van der Waals surface area contributed by atoms with E-state index < -0.39 is 42.3 Å². The molecule has 0 radical (unpaired) electrons. The summed E-state index contributed by atoms with van der Waals surface area (Å²) < 4.78 is 5.14. The van der Waals surface area contributed by atoms with Crippen molar-refractivity contribution >= 4 is 24.0 Å². The number of aliphatic imine (C=N–C) groups is 3. The van der Waals surface area contributed by atoms with E-state index in [1.165, 1.54) is 6.92 Å². The summed E-state index contributed by atoms with van der Waals surface area (Å²) in [7, 11) is 0. The number of carbonyl (C=O) groups is 1. The van der Waals surface area contributed by atoms with Crippen LogP contribution in [0.25, 0.3) is 0 Å². The molecule has 0 spiro atoms. The largest absolute Gasteiger partial charge is 0.394 e. The van der Waals surface area contributed by atoms with Gasteiger partial charge in [-0.05, 0) is 6.92 Å². The molecule has 0 aliphatic carbocycles. The van der Waals surface area contributed by atoms with Gasteiger partial charge in [-0.15, -0.1) is 0 Å². The fourth-order valence-corrected chi connectivity index (χ4v) is 2.55. The monoisotopic (exact) mass is 313 g/mol. The third-order valence-corrected chi connectivity index (χ3v) is 3.89. The second kappa shape index (κ2) is 4.54. The Morgan fingerprint density at radius 1 is 1.45 bits per heavy atom. The average Bonchev–Trinajstić information content (AvgIpc) is 2.91. The van der Waals surface area contributed by atoms with E-state index in [-0.39, 0.29) is 11.8 Å². The second-order valence-corrected chi connectivity index (χ2v) is 5.33. The zero-order valence-corrected chi connectivity index (χ0v) is 11.5. The molecule has 3 aliphatic rings. The van der Waals surface area contributed by atoms with Crippen LogP contribution < -0.4 is 5.73 Å². The van der Waals surface area contributed by atoms with Gasteiger partial charge in [-0.25, -0.2) is 0 Å². The minimum absolute atomic E-state index is 0.0997. The number of amides is 1. The number of aliphatic hydroxyl groups is 4. The van der Waals surface area contributed by atoms with E-state index in [1.807, 2.05) is 0 Å². The van der Waals surface area contributed by atoms with Gasteiger partial charge in [0.25, 0.3) is 11.8 Å². The topological polar surface area (TPSA) is 174 Å². The number of carbonyl (C=O) groups excluding carboxylic acids is 1. The highest BCUT2D eigenvalue weighted by Crippen LogP contribution is 2.37. The highest BCUT2D eigenvalue weighted by atomic mass is 16.7. The highest BCUT2D eigenvalue weighted by molar-refractivity contribution is 6.25. The third kappa shape index (κ3) is 1.74. The van der Waals surface area contributed by atoms with Crippen LogP contribution in [0.4, 0.5) is 0 Å². The van der Waals surface area contributed by atoms with Gasteiger partial charge in [-0.3, -0.25) is 14.7 Å². The van der Waals surface area contributed by atoms with Gasteiger partial charge in [0.05, 0.1) is 12.9 Å². The molecule has 120 valence electrons. The second-order valence-electron chi connectivity index (χ2n) is 5.33. The van der Waals surface area contributed by atoms with Crippen LogP contribution in [0.1, 0.15) is 6.92 Å². The van der Waals surface area contributed by atoms with Crippen molar-refractivity contribution in [1.29, 1.82) is 0 Å². The lowest BCUT2D eigenvalue weighted by Crippen LogP contribution is -2.61. The molecule has 11 nitrogen and oxygen atoms in total. The summed E-state index contributed by atoms with van der Waals surface area (Å²) in [6, 6.07) is 0. The molecule has 1 unspecified atom stereocenters. The Bertz CT molecular complexity index is 620. The number of hydrogen-bond donors (Lipinski definition) is 5. The number of nitrogens with two attached hydrogens (primary N) is 1. The molecule has 0 aromatic carbocycles. The van der Waals surface area contributed by atoms with Gasteiger partial charge in [0.15, 0.2) is 17.5 Å². The Balaban J connectivity index is 2.02. The van der Waals surface area contributed by atoms with Crippen molar-refractivity contribution in [2.45, 2.75) is 36.7 Å². The smallest absolute Gasteiger partial charge is 0.285 e. The Kier molecular flexibility index (Phi) is 3.09. The molecule has 5 atom stereocenters. The first-order chi connectivity index (χ1) is 10.2. The SMILES string of the molecule is CC12N=CN([C@]3(O)O[C@H](CO)[C@@H](O)[C@H]3O)C1=NC(N)=NC2=O. The molecule has 0 saturated carbocycles. The Morgan fingerprint density at radius 2 is 2.14 bits per heavy atom. The fourth-order valence-electron chi connectivity index (χ4n) is 2.55. The van der Waals surface area contributed by atoms with Gasteiger partial charge in [-0.2, -0.15) is 9.98 Å². The number of guanidine groups is 1. The van der Waals surface area contributed by atoms with E-state index >= 15 is 0 Å². The standard InChI is InChI=1S/C11H15N5O6/c1-10-7(14-9(12)15-8(10)20)16(3-13-10)11(21)6(19)5(18)4(2-17)22-11/h3-6,17-19,21H,2H2,1H3,(H2,12,15,20)/t4-,5-,6-,10?,11-/m1/s1. The van der Waals surface area contributed by atoms with Crippen LogP contribution >= 0.6 is 0 Å². The number of rotatable bonds is 2. The fraction of sp³-hybridized carbons (Fsp3) is 0.636. The molecule has 11 heteroatoms. The van der Waals surface area contributed by atoms with Crippen molar-refractivity contribution in [3.8, 4) is 0 Å². The van der Waals surface area contributed by atoms with Gasteiger partial charge in [0, 0.05) is 0 Å². The predicted molar refractivity (Wildman–Crippen MR) is 71.7 cm³/mol. The molecular formula is C11H15N5O6. The van der Waals surface area contributed by atoms with Gasteiger partial charge in [-0.1, -0.05) is 0 Å². The van der Waals surface area contributed by atoms with E-state index in [2.05, 4.69) is 15.0 Å². The lowest BCUT2D eigenvalue weighted by Gasteiger charge is -2.36. The maximum atomic E-state index is 12.0. The third-order valence-electron chi connectivity index (χ3n) is 3.89. The van der Waals surface area contributed by atoms with E-state index in [0.717, 1.165) is 11.2 Å². The van der Waals surface area contributed by atoms with E-state index in [4.69, 9.17) is 15.6 Å². The van der Waals surface area contributed by atoms with E-state index in [0.29, 0.717) is 0 Å². The summed E-state index contributed by atoms with van der Waals surface area (Å²) >= 11 is 0. The number of hydrogen-bond acceptors (Lipinski definition) is 10. The molecule has 3 heterocycles. The maximum Gasteiger partial charge on any atom is 0.285 e. The quantitative estimate of drug-likeness (QED) is 0.344. The van der Waals surface area contributed by atoms with Crippen LogP contribution in [-0.4, -0.2) is 85.7 Å². The van der Waals surface area contributed by atoms with E-state index in [9.17, 15) is 20.1 Å². The lowest BCUT2D eigenvalue weighted by atomic mass is 9.99. The molecule has 0 bridgehead atoms. The molecular weight excluding hydrogens is 298 g/mol. The summed E-state index contributed by atoms with van der Waals surface area (Å²) in [4.78, 5) is 24.2. The van der Waals surface area contributed by atoms with Crippen LogP contribution in [0.3, 0.4) is 0 Å². The summed E-state index contributed by atoms with van der Waals surface area (Å²) in [5.41, 5.74) is 3.93. The van der Waals surface area contributed by atoms with Crippen LogP contribution in [-0.2, 0) is 9.53 Å². The summed E-state index contributed by atoms with van der Waals surface area (Å²) in [6.45, 7) is 0.781. The normalized spacial score (nSPS) is 44.1. The molecule has 0 aromatic rings.